The monoisotopic (exact) mass is 385 g/mol. The molecule has 7 nitrogen and oxygen atoms in total. The van der Waals surface area contributed by atoms with Gasteiger partial charge in [-0.2, -0.15) is 0 Å². The van der Waals surface area contributed by atoms with E-state index in [4.69, 9.17) is 20.4 Å². The van der Waals surface area contributed by atoms with Crippen LogP contribution in [-0.4, -0.2) is 52.4 Å². The van der Waals surface area contributed by atoms with Gasteiger partial charge in [-0.15, -0.1) is 6.58 Å². The minimum absolute atomic E-state index is 0.250. The molecule has 2 bridgehead atoms. The number of aliphatic hydroxyl groups is 1. The molecule has 1 aromatic carbocycles. The van der Waals surface area contributed by atoms with Crippen LogP contribution in [0.3, 0.4) is 0 Å². The Bertz CT molecular complexity index is 859. The number of benzene rings is 1. The van der Waals surface area contributed by atoms with E-state index in [0.717, 1.165) is 48.1 Å². The number of nitrogens with zero attached hydrogens (tertiary/aromatic N) is 2. The summed E-state index contributed by atoms with van der Waals surface area (Å²) in [6.45, 7) is 5.51. The molecule has 3 aliphatic heterocycles. The minimum Gasteiger partial charge on any atom is -0.497 e. The zero-order valence-corrected chi connectivity index (χ0v) is 16.0. The molecule has 3 aliphatic rings. The molecular weight excluding hydrogens is 358 g/mol. The van der Waals surface area contributed by atoms with Gasteiger partial charge in [-0.05, 0) is 54.5 Å². The fourth-order valence-electron chi connectivity index (χ4n) is 4.54. The van der Waals surface area contributed by atoms with Crippen molar-refractivity contribution in [3.63, 3.8) is 0 Å². The molecule has 4 heterocycles. The van der Waals surface area contributed by atoms with Crippen molar-refractivity contribution in [2.45, 2.75) is 24.6 Å². The third-order valence-electron chi connectivity index (χ3n) is 6.04. The normalized spacial score (nSPS) is 29.5. The molecule has 1 aromatic heterocycles. The van der Waals surface area contributed by atoms with Crippen molar-refractivity contribution in [2.24, 2.45) is 17.6 Å². The molecule has 0 aliphatic carbocycles. The standard InChI is InChI=1S/C20H25N3O2.CH2O2/c1-3-13-12-23-9-7-14(13)11-20(23,21)19(24)16-6-8-22-18-5-4-15(25-2)10-17(16)18;2-1-3/h3-6,8,10,13-14,19,24H,1,7,9,11-12,21H2,2H3;1H,(H,2,3)/t13-,14?,19+,20-;/m0./s1. The summed E-state index contributed by atoms with van der Waals surface area (Å²) in [5, 5.41) is 19.1. The molecule has 0 radical (unpaired) electrons. The number of hydrogen-bond donors (Lipinski definition) is 3. The lowest BCUT2D eigenvalue weighted by atomic mass is 9.70. The summed E-state index contributed by atoms with van der Waals surface area (Å²) in [6.07, 6.45) is 4.89. The van der Waals surface area contributed by atoms with Gasteiger partial charge in [-0.3, -0.25) is 14.7 Å². The maximum atomic E-state index is 11.3. The van der Waals surface area contributed by atoms with Gasteiger partial charge in [-0.25, -0.2) is 0 Å². The highest BCUT2D eigenvalue weighted by Gasteiger charge is 2.51. The summed E-state index contributed by atoms with van der Waals surface area (Å²) in [5.74, 6) is 1.70. The lowest BCUT2D eigenvalue weighted by Gasteiger charge is -2.56. The van der Waals surface area contributed by atoms with E-state index in [-0.39, 0.29) is 6.47 Å². The van der Waals surface area contributed by atoms with Crippen LogP contribution < -0.4 is 10.5 Å². The number of carbonyl (C=O) groups is 1. The van der Waals surface area contributed by atoms with Crippen molar-refractivity contribution >= 4 is 17.4 Å². The number of rotatable bonds is 4. The van der Waals surface area contributed by atoms with Crippen molar-refractivity contribution in [1.82, 2.24) is 9.88 Å². The molecular formula is C21H27N3O4. The fraction of sp³-hybridized carbons (Fsp3) is 0.429. The summed E-state index contributed by atoms with van der Waals surface area (Å²) in [5.41, 5.74) is 7.69. The average Bonchev–Trinajstić information content (AvgIpc) is 2.73. The van der Waals surface area contributed by atoms with E-state index < -0.39 is 11.8 Å². The third kappa shape index (κ3) is 3.48. The predicted octanol–water partition coefficient (Wildman–Crippen LogP) is 2.16. The average molecular weight is 385 g/mol. The Balaban J connectivity index is 0.000000706. The molecule has 7 heteroatoms. The number of nitrogens with two attached hydrogens (primary N) is 1. The number of aromatic nitrogens is 1. The smallest absolute Gasteiger partial charge is 0.290 e. The number of carboxylic acid groups (broad SMARTS) is 1. The largest absolute Gasteiger partial charge is 0.497 e. The van der Waals surface area contributed by atoms with Crippen LogP contribution in [0.2, 0.25) is 0 Å². The molecule has 0 amide bonds. The highest BCUT2D eigenvalue weighted by atomic mass is 16.5. The zero-order valence-electron chi connectivity index (χ0n) is 16.0. The molecule has 0 saturated carbocycles. The van der Waals surface area contributed by atoms with Crippen LogP contribution in [0.1, 0.15) is 24.5 Å². The third-order valence-corrected chi connectivity index (χ3v) is 6.04. The quantitative estimate of drug-likeness (QED) is 0.546. The Kier molecular flexibility index (Phi) is 5.98. The lowest BCUT2D eigenvalue weighted by Crippen LogP contribution is -2.68. The van der Waals surface area contributed by atoms with Crippen LogP contribution in [0.25, 0.3) is 10.9 Å². The maximum absolute atomic E-state index is 11.3. The van der Waals surface area contributed by atoms with E-state index in [9.17, 15) is 5.11 Å². The van der Waals surface area contributed by atoms with Crippen LogP contribution in [0.5, 0.6) is 5.75 Å². The molecule has 5 rings (SSSR count). The number of hydrogen-bond acceptors (Lipinski definition) is 6. The highest BCUT2D eigenvalue weighted by molar-refractivity contribution is 5.84. The first-order chi connectivity index (χ1) is 13.5. The van der Waals surface area contributed by atoms with Gasteiger partial charge in [0.1, 0.15) is 11.9 Å². The molecule has 2 unspecified atom stereocenters. The van der Waals surface area contributed by atoms with Crippen LogP contribution in [0.15, 0.2) is 43.1 Å². The molecule has 4 N–H and O–H groups in total. The first kappa shape index (κ1) is 20.3. The van der Waals surface area contributed by atoms with Gasteiger partial charge in [0, 0.05) is 24.7 Å². The Hall–Kier alpha value is -2.48. The SMILES string of the molecule is C=C[C@H]1CN2CCC1C[C@@]2(N)[C@H](O)c1ccnc2ccc(OC)cc12.O=CO. The number of ether oxygens (including phenoxy) is 1. The second-order valence-corrected chi connectivity index (χ2v) is 7.38. The summed E-state index contributed by atoms with van der Waals surface area (Å²) in [6, 6.07) is 7.59. The molecule has 3 saturated heterocycles. The molecule has 2 aromatic rings. The van der Waals surface area contributed by atoms with Crippen molar-refractivity contribution < 1.29 is 19.7 Å². The number of piperidine rings is 3. The van der Waals surface area contributed by atoms with Crippen molar-refractivity contribution in [1.29, 1.82) is 0 Å². The van der Waals surface area contributed by atoms with E-state index in [1.807, 2.05) is 30.3 Å². The van der Waals surface area contributed by atoms with E-state index in [0.29, 0.717) is 11.8 Å². The Morgan fingerprint density at radius 3 is 2.82 bits per heavy atom. The van der Waals surface area contributed by atoms with Gasteiger partial charge in [0.2, 0.25) is 0 Å². The molecule has 150 valence electrons. The van der Waals surface area contributed by atoms with Gasteiger partial charge < -0.3 is 20.7 Å². The highest BCUT2D eigenvalue weighted by Crippen LogP contribution is 2.46. The van der Waals surface area contributed by atoms with Gasteiger partial charge in [0.25, 0.3) is 6.47 Å². The Labute approximate surface area is 164 Å². The van der Waals surface area contributed by atoms with E-state index in [1.165, 1.54) is 0 Å². The van der Waals surface area contributed by atoms with Crippen molar-refractivity contribution in [3.8, 4) is 5.75 Å². The Morgan fingerprint density at radius 2 is 2.21 bits per heavy atom. The lowest BCUT2D eigenvalue weighted by molar-refractivity contribution is -0.122. The van der Waals surface area contributed by atoms with Gasteiger partial charge >= 0.3 is 0 Å². The molecule has 3 fully saturated rings. The molecule has 5 atom stereocenters. The summed E-state index contributed by atoms with van der Waals surface area (Å²) >= 11 is 0. The first-order valence-electron chi connectivity index (χ1n) is 9.33. The summed E-state index contributed by atoms with van der Waals surface area (Å²) < 4.78 is 5.34. The van der Waals surface area contributed by atoms with Crippen LogP contribution in [0.4, 0.5) is 0 Å². The predicted molar refractivity (Wildman–Crippen MR) is 107 cm³/mol. The summed E-state index contributed by atoms with van der Waals surface area (Å²) in [7, 11) is 1.64. The maximum Gasteiger partial charge on any atom is 0.290 e. The van der Waals surface area contributed by atoms with E-state index in [2.05, 4.69) is 16.5 Å². The number of fused-ring (bicyclic) bond motifs is 4. The number of aliphatic hydroxyl groups excluding tert-OH is 1. The zero-order chi connectivity index (χ0) is 20.3. The number of methoxy groups -OCH3 is 1. The van der Waals surface area contributed by atoms with Gasteiger partial charge in [0.15, 0.2) is 0 Å². The first-order valence-corrected chi connectivity index (χ1v) is 9.33. The second-order valence-electron chi connectivity index (χ2n) is 7.38. The van der Waals surface area contributed by atoms with Crippen molar-refractivity contribution in [3.05, 3.63) is 48.7 Å². The van der Waals surface area contributed by atoms with E-state index >= 15 is 0 Å². The topological polar surface area (TPSA) is 109 Å². The second kappa shape index (κ2) is 8.26. The van der Waals surface area contributed by atoms with Gasteiger partial charge in [0.05, 0.1) is 18.3 Å². The van der Waals surface area contributed by atoms with Crippen LogP contribution >= 0.6 is 0 Å². The van der Waals surface area contributed by atoms with Crippen LogP contribution in [0, 0.1) is 11.8 Å². The Morgan fingerprint density at radius 1 is 1.46 bits per heavy atom. The minimum atomic E-state index is -0.779. The van der Waals surface area contributed by atoms with Gasteiger partial charge in [-0.1, -0.05) is 6.08 Å². The molecule has 28 heavy (non-hydrogen) atoms. The van der Waals surface area contributed by atoms with E-state index in [1.54, 1.807) is 13.3 Å². The molecule has 0 spiro atoms. The summed E-state index contributed by atoms with van der Waals surface area (Å²) in [4.78, 5) is 15.0. The van der Waals surface area contributed by atoms with Crippen molar-refractivity contribution in [2.75, 3.05) is 20.2 Å². The fourth-order valence-corrected chi connectivity index (χ4v) is 4.54. The number of pyridine rings is 1. The van der Waals surface area contributed by atoms with Crippen LogP contribution in [-0.2, 0) is 4.79 Å².